The van der Waals surface area contributed by atoms with Crippen molar-refractivity contribution >= 4 is 22.6 Å². The number of carbonyl (C=O) groups is 1. The van der Waals surface area contributed by atoms with Crippen LogP contribution < -0.4 is 20.4 Å². The van der Waals surface area contributed by atoms with Crippen LogP contribution >= 0.6 is 0 Å². The van der Waals surface area contributed by atoms with Crippen LogP contribution in [0.1, 0.15) is 24.2 Å². The number of likely N-dealkylation sites (N-methyl/N-ethyl adjacent to an activating group) is 1. The molecular formula is C23H28N6O3. The van der Waals surface area contributed by atoms with Gasteiger partial charge in [0.05, 0.1) is 12.7 Å². The lowest BCUT2D eigenvalue weighted by Crippen LogP contribution is -2.28. The summed E-state index contributed by atoms with van der Waals surface area (Å²) in [5.74, 6) is 1.62. The van der Waals surface area contributed by atoms with E-state index in [0.29, 0.717) is 41.3 Å². The predicted octanol–water partition coefficient (Wildman–Crippen LogP) is 2.33. The van der Waals surface area contributed by atoms with Crippen LogP contribution in [0.3, 0.4) is 0 Å². The van der Waals surface area contributed by atoms with Gasteiger partial charge in [-0.3, -0.25) is 14.3 Å². The van der Waals surface area contributed by atoms with Gasteiger partial charge in [-0.25, -0.2) is 4.98 Å². The molecule has 0 radical (unpaired) electrons. The van der Waals surface area contributed by atoms with Crippen molar-refractivity contribution in [2.75, 3.05) is 45.2 Å². The highest BCUT2D eigenvalue weighted by molar-refractivity contribution is 5.96. The maximum atomic E-state index is 12.7. The summed E-state index contributed by atoms with van der Waals surface area (Å²) in [6.07, 6.45) is 3.12. The highest BCUT2D eigenvalue weighted by atomic mass is 16.5. The topological polar surface area (TPSA) is 93.9 Å². The number of nitrogens with zero attached hydrogens (tertiary/aromatic N) is 5. The van der Waals surface area contributed by atoms with Crippen molar-refractivity contribution in [1.29, 1.82) is 0 Å². The van der Waals surface area contributed by atoms with Crippen molar-refractivity contribution in [3.8, 4) is 11.5 Å². The first-order valence-corrected chi connectivity index (χ1v) is 10.9. The van der Waals surface area contributed by atoms with E-state index in [1.54, 1.807) is 25.4 Å². The number of hydrogen-bond donors (Lipinski definition) is 1. The standard InChI is InChI=1S/C23H28N6O3/c1-4-28(5-2)13-14-32-18-9-8-17-19(20(18)31-3)26-23(29-12-11-25-21(17)29)27-22(30)16-7-6-10-24-15-16/h6-10,15,25H,4-5,11-14H2,1-3H3. The number of anilines is 1. The first-order valence-electron chi connectivity index (χ1n) is 10.9. The number of amides is 1. The van der Waals surface area contributed by atoms with Crippen LogP contribution in [0.25, 0.3) is 10.9 Å². The molecule has 1 aromatic carbocycles. The minimum atomic E-state index is -0.392. The summed E-state index contributed by atoms with van der Waals surface area (Å²) in [7, 11) is 1.60. The minimum absolute atomic E-state index is 0.324. The second-order valence-corrected chi connectivity index (χ2v) is 7.37. The Morgan fingerprint density at radius 2 is 2.12 bits per heavy atom. The van der Waals surface area contributed by atoms with Crippen molar-refractivity contribution in [1.82, 2.24) is 19.4 Å². The van der Waals surface area contributed by atoms with Gasteiger partial charge in [-0.15, -0.1) is 0 Å². The molecule has 0 unspecified atom stereocenters. The molecule has 1 aliphatic heterocycles. The quantitative estimate of drug-likeness (QED) is 0.579. The average molecular weight is 437 g/mol. The highest BCUT2D eigenvalue weighted by Crippen LogP contribution is 2.37. The summed E-state index contributed by atoms with van der Waals surface area (Å²) < 4.78 is 13.7. The van der Waals surface area contributed by atoms with Gasteiger partial charge in [-0.1, -0.05) is 13.8 Å². The van der Waals surface area contributed by atoms with Gasteiger partial charge in [-0.2, -0.15) is 4.99 Å². The van der Waals surface area contributed by atoms with Crippen molar-refractivity contribution in [2.24, 2.45) is 4.99 Å². The monoisotopic (exact) mass is 436 g/mol. The number of methoxy groups -OCH3 is 1. The Bertz CT molecular complexity index is 1170. The Balaban J connectivity index is 1.76. The van der Waals surface area contributed by atoms with Gasteiger partial charge in [0.1, 0.15) is 17.9 Å². The van der Waals surface area contributed by atoms with Crippen molar-refractivity contribution < 1.29 is 14.3 Å². The fraction of sp³-hybridized carbons (Fsp3) is 0.391. The molecule has 0 atom stereocenters. The SMILES string of the molecule is CCN(CC)CCOc1ccc2c3n(c(=NC(=O)c4cccnc4)nc2c1OC)CCN3. The average Bonchev–Trinajstić information content (AvgIpc) is 3.33. The molecule has 0 fully saturated rings. The van der Waals surface area contributed by atoms with E-state index in [9.17, 15) is 4.79 Å². The number of aromatic nitrogens is 3. The van der Waals surface area contributed by atoms with Crippen molar-refractivity contribution in [3.05, 3.63) is 47.8 Å². The van der Waals surface area contributed by atoms with Crippen LogP contribution in [0, 0.1) is 0 Å². The summed E-state index contributed by atoms with van der Waals surface area (Å²) in [4.78, 5) is 28.0. The lowest BCUT2D eigenvalue weighted by atomic mass is 10.2. The lowest BCUT2D eigenvalue weighted by molar-refractivity contribution is 0.0996. The third-order valence-electron chi connectivity index (χ3n) is 5.58. The van der Waals surface area contributed by atoms with Gasteiger partial charge < -0.3 is 19.7 Å². The number of carbonyl (C=O) groups excluding carboxylic acids is 1. The summed E-state index contributed by atoms with van der Waals surface area (Å²) in [5.41, 5.74) is 1.34. The van der Waals surface area contributed by atoms with E-state index in [4.69, 9.17) is 14.5 Å². The Labute approximate surface area is 186 Å². The molecule has 1 aliphatic rings. The molecule has 1 N–H and O–H groups in total. The molecule has 0 aliphatic carbocycles. The number of ether oxygens (including phenoxy) is 2. The first kappa shape index (κ1) is 21.8. The van der Waals surface area contributed by atoms with Crippen molar-refractivity contribution in [2.45, 2.75) is 20.4 Å². The van der Waals surface area contributed by atoms with Crippen LogP contribution in [0.5, 0.6) is 11.5 Å². The minimum Gasteiger partial charge on any atom is -0.491 e. The van der Waals surface area contributed by atoms with Gasteiger partial charge in [-0.05, 0) is 37.4 Å². The van der Waals surface area contributed by atoms with Gasteiger partial charge in [0.25, 0.3) is 5.91 Å². The number of rotatable bonds is 8. The number of benzene rings is 1. The number of nitrogens with one attached hydrogen (secondary N) is 1. The smallest absolute Gasteiger partial charge is 0.281 e. The fourth-order valence-corrected chi connectivity index (χ4v) is 3.81. The Morgan fingerprint density at radius 3 is 2.84 bits per heavy atom. The molecule has 4 rings (SSSR count). The first-order chi connectivity index (χ1) is 15.7. The molecule has 9 nitrogen and oxygen atoms in total. The molecule has 168 valence electrons. The maximum absolute atomic E-state index is 12.7. The van der Waals surface area contributed by atoms with Gasteiger partial charge in [0.15, 0.2) is 11.5 Å². The number of fused-ring (bicyclic) bond motifs is 3. The van der Waals surface area contributed by atoms with E-state index in [2.05, 4.69) is 34.0 Å². The van der Waals surface area contributed by atoms with E-state index < -0.39 is 5.91 Å². The van der Waals surface area contributed by atoms with Crippen LogP contribution in [0.2, 0.25) is 0 Å². The van der Waals surface area contributed by atoms with Crippen molar-refractivity contribution in [3.63, 3.8) is 0 Å². The zero-order valence-electron chi connectivity index (χ0n) is 18.7. The molecule has 32 heavy (non-hydrogen) atoms. The zero-order chi connectivity index (χ0) is 22.5. The second-order valence-electron chi connectivity index (χ2n) is 7.37. The number of pyridine rings is 1. The Hall–Kier alpha value is -3.46. The molecule has 9 heteroatoms. The van der Waals surface area contributed by atoms with E-state index in [-0.39, 0.29) is 0 Å². The molecule has 3 aromatic rings. The molecular weight excluding hydrogens is 408 g/mol. The van der Waals surface area contributed by atoms with E-state index in [0.717, 1.165) is 37.4 Å². The van der Waals surface area contributed by atoms with Crippen LogP contribution in [-0.4, -0.2) is 65.2 Å². The third kappa shape index (κ3) is 4.29. The molecule has 0 saturated carbocycles. The molecule has 3 heterocycles. The third-order valence-corrected chi connectivity index (χ3v) is 5.58. The summed E-state index contributed by atoms with van der Waals surface area (Å²) in [6, 6.07) is 7.27. The normalized spacial score (nSPS) is 13.3. The van der Waals surface area contributed by atoms with E-state index in [1.165, 1.54) is 6.20 Å². The fourth-order valence-electron chi connectivity index (χ4n) is 3.81. The van der Waals surface area contributed by atoms with E-state index >= 15 is 0 Å². The van der Waals surface area contributed by atoms with Gasteiger partial charge in [0.2, 0.25) is 5.62 Å². The van der Waals surface area contributed by atoms with Gasteiger partial charge in [0, 0.05) is 37.4 Å². The summed E-state index contributed by atoms with van der Waals surface area (Å²) in [6.45, 7) is 8.97. The Morgan fingerprint density at radius 1 is 1.28 bits per heavy atom. The predicted molar refractivity (Wildman–Crippen MR) is 122 cm³/mol. The molecule has 2 aromatic heterocycles. The second kappa shape index (κ2) is 9.78. The highest BCUT2D eigenvalue weighted by Gasteiger charge is 2.21. The molecule has 1 amide bonds. The van der Waals surface area contributed by atoms with Crippen LogP contribution in [0.15, 0.2) is 41.7 Å². The van der Waals surface area contributed by atoms with Gasteiger partial charge >= 0.3 is 0 Å². The molecule has 0 saturated heterocycles. The lowest BCUT2D eigenvalue weighted by Gasteiger charge is -2.19. The Kier molecular flexibility index (Phi) is 6.65. The molecule has 0 bridgehead atoms. The summed E-state index contributed by atoms with van der Waals surface area (Å²) >= 11 is 0. The maximum Gasteiger partial charge on any atom is 0.281 e. The van der Waals surface area contributed by atoms with E-state index in [1.807, 2.05) is 16.7 Å². The van der Waals surface area contributed by atoms with Crippen LogP contribution in [0.4, 0.5) is 5.82 Å². The van der Waals surface area contributed by atoms with Crippen LogP contribution in [-0.2, 0) is 6.54 Å². The summed E-state index contributed by atoms with van der Waals surface area (Å²) in [5, 5.41) is 4.27. The zero-order valence-corrected chi connectivity index (χ0v) is 18.7. The largest absolute Gasteiger partial charge is 0.491 e. The molecule has 0 spiro atoms. The number of hydrogen-bond acceptors (Lipinski definition) is 7.